The number of alkyl halides is 3. The number of nitrogen functional groups attached to an aromatic ring is 1. The van der Waals surface area contributed by atoms with Gasteiger partial charge in [0, 0.05) is 11.4 Å². The van der Waals surface area contributed by atoms with Crippen LogP contribution in [0.3, 0.4) is 0 Å². The van der Waals surface area contributed by atoms with Crippen molar-refractivity contribution in [2.75, 3.05) is 5.73 Å². The van der Waals surface area contributed by atoms with E-state index in [4.69, 9.17) is 5.73 Å². The van der Waals surface area contributed by atoms with Crippen LogP contribution in [-0.4, -0.2) is 0 Å². The van der Waals surface area contributed by atoms with Gasteiger partial charge in [-0.05, 0) is 17.7 Å². The molecule has 0 aliphatic heterocycles. The van der Waals surface area contributed by atoms with Crippen LogP contribution < -0.4 is 5.73 Å². The quantitative estimate of drug-likeness (QED) is 0.537. The number of rotatable bonds is 1. The van der Waals surface area contributed by atoms with E-state index in [1.165, 1.54) is 12.1 Å². The summed E-state index contributed by atoms with van der Waals surface area (Å²) in [5.74, 6) is 0.267. The van der Waals surface area contributed by atoms with E-state index in [2.05, 4.69) is 12.6 Å². The van der Waals surface area contributed by atoms with Crippen LogP contribution in [0.2, 0.25) is 0 Å². The summed E-state index contributed by atoms with van der Waals surface area (Å²) in [5, 5.41) is 0. The zero-order chi connectivity index (χ0) is 10.1. The van der Waals surface area contributed by atoms with Crippen molar-refractivity contribution in [1.82, 2.24) is 0 Å². The monoisotopic (exact) mass is 207 g/mol. The molecule has 0 aliphatic rings. The fraction of sp³-hybridized carbons (Fsp3) is 0.250. The van der Waals surface area contributed by atoms with E-state index in [0.717, 1.165) is 6.07 Å². The molecule has 1 nitrogen and oxygen atoms in total. The Morgan fingerprint density at radius 3 is 2.38 bits per heavy atom. The summed E-state index contributed by atoms with van der Waals surface area (Å²) in [5.41, 5.74) is 4.65. The molecule has 0 aromatic heterocycles. The third-order valence-corrected chi connectivity index (χ3v) is 1.97. The van der Waals surface area contributed by atoms with Crippen LogP contribution in [0.25, 0.3) is 0 Å². The van der Waals surface area contributed by atoms with Crippen LogP contribution in [0, 0.1) is 0 Å². The Balaban J connectivity index is 3.19. The second-order valence-electron chi connectivity index (χ2n) is 2.58. The number of benzene rings is 1. The van der Waals surface area contributed by atoms with Crippen LogP contribution in [0.1, 0.15) is 11.1 Å². The fourth-order valence-electron chi connectivity index (χ4n) is 0.947. The number of nitrogens with two attached hydrogens (primary N) is 1. The van der Waals surface area contributed by atoms with Crippen molar-refractivity contribution in [3.8, 4) is 0 Å². The third-order valence-electron chi connectivity index (χ3n) is 1.61. The molecule has 2 N–H and O–H groups in total. The standard InChI is InChI=1S/C8H8F3NS/c9-8(10,11)6-3-5(4-13)1-2-7(6)12/h1-3,13H,4,12H2. The smallest absolute Gasteiger partial charge is 0.398 e. The van der Waals surface area contributed by atoms with E-state index < -0.39 is 11.7 Å². The Kier molecular flexibility index (Phi) is 2.75. The topological polar surface area (TPSA) is 26.0 Å². The summed E-state index contributed by atoms with van der Waals surface area (Å²) in [6.07, 6.45) is -4.39. The third kappa shape index (κ3) is 2.30. The molecule has 0 heterocycles. The average molecular weight is 207 g/mol. The molecule has 0 aliphatic carbocycles. The van der Waals surface area contributed by atoms with E-state index in [-0.39, 0.29) is 11.4 Å². The van der Waals surface area contributed by atoms with Crippen LogP contribution in [0.5, 0.6) is 0 Å². The molecule has 0 atom stereocenters. The van der Waals surface area contributed by atoms with Gasteiger partial charge in [0.15, 0.2) is 0 Å². The van der Waals surface area contributed by atoms with Gasteiger partial charge >= 0.3 is 6.18 Å². The number of anilines is 1. The van der Waals surface area contributed by atoms with Crippen LogP contribution in [-0.2, 0) is 11.9 Å². The molecule has 1 aromatic rings. The van der Waals surface area contributed by atoms with Crippen molar-refractivity contribution in [2.45, 2.75) is 11.9 Å². The van der Waals surface area contributed by atoms with Crippen molar-refractivity contribution < 1.29 is 13.2 Å². The molecule has 0 radical (unpaired) electrons. The van der Waals surface area contributed by atoms with Crippen molar-refractivity contribution in [1.29, 1.82) is 0 Å². The second kappa shape index (κ2) is 3.49. The van der Waals surface area contributed by atoms with Gasteiger partial charge in [0.2, 0.25) is 0 Å². The predicted molar refractivity (Wildman–Crippen MR) is 48.5 cm³/mol. The first kappa shape index (κ1) is 10.2. The lowest BCUT2D eigenvalue weighted by Crippen LogP contribution is -2.09. The van der Waals surface area contributed by atoms with Crippen LogP contribution in [0.15, 0.2) is 18.2 Å². The Hall–Kier alpha value is -0.840. The van der Waals surface area contributed by atoms with E-state index in [1.54, 1.807) is 0 Å². The van der Waals surface area contributed by atoms with Gasteiger partial charge < -0.3 is 5.73 Å². The first-order chi connectivity index (χ1) is 5.95. The van der Waals surface area contributed by atoms with Gasteiger partial charge in [-0.25, -0.2) is 0 Å². The van der Waals surface area contributed by atoms with Crippen molar-refractivity contribution in [3.63, 3.8) is 0 Å². The maximum Gasteiger partial charge on any atom is 0.418 e. The molecule has 13 heavy (non-hydrogen) atoms. The number of thiol groups is 1. The number of hydrogen-bond donors (Lipinski definition) is 2. The van der Waals surface area contributed by atoms with Crippen LogP contribution >= 0.6 is 12.6 Å². The highest BCUT2D eigenvalue weighted by Gasteiger charge is 2.32. The molecule has 0 bridgehead atoms. The van der Waals surface area contributed by atoms with Crippen LogP contribution in [0.4, 0.5) is 18.9 Å². The Morgan fingerprint density at radius 2 is 1.92 bits per heavy atom. The predicted octanol–water partition coefficient (Wildman–Crippen LogP) is 2.72. The zero-order valence-electron chi connectivity index (χ0n) is 6.60. The first-order valence-corrected chi connectivity index (χ1v) is 4.15. The van der Waals surface area contributed by atoms with Crippen molar-refractivity contribution in [2.24, 2.45) is 0 Å². The molecular formula is C8H8F3NS. The molecule has 0 amide bonds. The Labute approximate surface area is 79.2 Å². The van der Waals surface area contributed by atoms with Crippen molar-refractivity contribution >= 4 is 18.3 Å². The lowest BCUT2D eigenvalue weighted by atomic mass is 10.1. The molecule has 0 spiro atoms. The lowest BCUT2D eigenvalue weighted by Gasteiger charge is -2.10. The summed E-state index contributed by atoms with van der Waals surface area (Å²) in [4.78, 5) is 0. The first-order valence-electron chi connectivity index (χ1n) is 3.51. The molecule has 5 heteroatoms. The highest BCUT2D eigenvalue weighted by atomic mass is 32.1. The minimum atomic E-state index is -4.39. The number of hydrogen-bond acceptors (Lipinski definition) is 2. The van der Waals surface area contributed by atoms with Crippen molar-refractivity contribution in [3.05, 3.63) is 29.3 Å². The molecular weight excluding hydrogens is 199 g/mol. The van der Waals surface area contributed by atoms with Gasteiger partial charge in [-0.15, -0.1) is 0 Å². The molecule has 0 saturated carbocycles. The minimum Gasteiger partial charge on any atom is -0.398 e. The molecule has 0 unspecified atom stereocenters. The molecule has 0 saturated heterocycles. The highest BCUT2D eigenvalue weighted by molar-refractivity contribution is 7.79. The van der Waals surface area contributed by atoms with Gasteiger partial charge in [-0.3, -0.25) is 0 Å². The SMILES string of the molecule is Nc1ccc(CS)cc1C(F)(F)F. The Morgan fingerprint density at radius 1 is 1.31 bits per heavy atom. The lowest BCUT2D eigenvalue weighted by molar-refractivity contribution is -0.136. The molecule has 0 fully saturated rings. The summed E-state index contributed by atoms with van der Waals surface area (Å²) in [7, 11) is 0. The summed E-state index contributed by atoms with van der Waals surface area (Å²) >= 11 is 3.88. The summed E-state index contributed by atoms with van der Waals surface area (Å²) in [6, 6.07) is 3.79. The largest absolute Gasteiger partial charge is 0.418 e. The van der Waals surface area contributed by atoms with Gasteiger partial charge in [0.1, 0.15) is 0 Å². The molecule has 1 aromatic carbocycles. The molecule has 1 rings (SSSR count). The zero-order valence-corrected chi connectivity index (χ0v) is 7.49. The maximum atomic E-state index is 12.3. The highest BCUT2D eigenvalue weighted by Crippen LogP contribution is 2.34. The van der Waals surface area contributed by atoms with Gasteiger partial charge in [-0.1, -0.05) is 6.07 Å². The van der Waals surface area contributed by atoms with Gasteiger partial charge in [0.05, 0.1) is 5.56 Å². The second-order valence-corrected chi connectivity index (χ2v) is 2.89. The van der Waals surface area contributed by atoms with E-state index in [0.29, 0.717) is 5.56 Å². The van der Waals surface area contributed by atoms with Gasteiger partial charge in [-0.2, -0.15) is 25.8 Å². The number of halogens is 3. The Bertz CT molecular complexity index is 309. The average Bonchev–Trinajstić information content (AvgIpc) is 2.03. The van der Waals surface area contributed by atoms with Gasteiger partial charge in [0.25, 0.3) is 0 Å². The maximum absolute atomic E-state index is 12.3. The fourth-order valence-corrected chi connectivity index (χ4v) is 1.14. The van der Waals surface area contributed by atoms with E-state index >= 15 is 0 Å². The minimum absolute atomic E-state index is 0.252. The van der Waals surface area contributed by atoms with E-state index in [1.807, 2.05) is 0 Å². The summed E-state index contributed by atoms with van der Waals surface area (Å²) < 4.78 is 36.8. The normalized spacial score (nSPS) is 11.7. The summed E-state index contributed by atoms with van der Waals surface area (Å²) in [6.45, 7) is 0. The van der Waals surface area contributed by atoms with E-state index in [9.17, 15) is 13.2 Å². The molecule has 72 valence electrons.